The van der Waals surface area contributed by atoms with Crippen molar-refractivity contribution in [3.05, 3.63) is 35.9 Å². The number of aliphatic hydroxyl groups excluding tert-OH is 2. The smallest absolute Gasteiger partial charge is 0.129 e. The summed E-state index contributed by atoms with van der Waals surface area (Å²) in [6.07, 6.45) is -1.43. The molecule has 19 heavy (non-hydrogen) atoms. The number of benzene rings is 1. The summed E-state index contributed by atoms with van der Waals surface area (Å²) >= 11 is 0. The molecule has 0 bridgehead atoms. The Morgan fingerprint density at radius 3 is 2.58 bits per heavy atom. The fourth-order valence-corrected chi connectivity index (χ4v) is 2.52. The normalized spacial score (nSPS) is 23.2. The Balaban J connectivity index is 2.05. The Labute approximate surface area is 111 Å². The van der Waals surface area contributed by atoms with Crippen molar-refractivity contribution in [1.29, 1.82) is 0 Å². The van der Waals surface area contributed by atoms with E-state index in [4.69, 9.17) is 5.73 Å². The van der Waals surface area contributed by atoms with Crippen LogP contribution in [0.1, 0.15) is 5.56 Å². The topological polar surface area (TPSA) is 82.6 Å². The zero-order valence-electron chi connectivity index (χ0n) is 10.5. The van der Waals surface area contributed by atoms with Crippen LogP contribution in [0.5, 0.6) is 0 Å². The SMILES string of the molecule is NCc1cc(N2CC(O)C(O)C2)nc2ccccc12. The maximum atomic E-state index is 9.63. The molecule has 5 nitrogen and oxygen atoms in total. The monoisotopic (exact) mass is 259 g/mol. The Kier molecular flexibility index (Phi) is 3.10. The first-order valence-electron chi connectivity index (χ1n) is 6.39. The van der Waals surface area contributed by atoms with Crippen molar-refractivity contribution < 1.29 is 10.2 Å². The molecular formula is C14H17N3O2. The number of aromatic nitrogens is 1. The Hall–Kier alpha value is -1.69. The van der Waals surface area contributed by atoms with Gasteiger partial charge >= 0.3 is 0 Å². The van der Waals surface area contributed by atoms with Crippen LogP contribution >= 0.6 is 0 Å². The van der Waals surface area contributed by atoms with Crippen LogP contribution in [-0.4, -0.2) is 40.5 Å². The van der Waals surface area contributed by atoms with E-state index < -0.39 is 12.2 Å². The molecule has 5 heteroatoms. The predicted octanol–water partition coefficient (Wildman–Crippen LogP) is 0.235. The van der Waals surface area contributed by atoms with Crippen molar-refractivity contribution in [2.75, 3.05) is 18.0 Å². The lowest BCUT2D eigenvalue weighted by atomic mass is 10.1. The highest BCUT2D eigenvalue weighted by molar-refractivity contribution is 5.84. The van der Waals surface area contributed by atoms with Gasteiger partial charge in [0.25, 0.3) is 0 Å². The molecule has 0 radical (unpaired) electrons. The van der Waals surface area contributed by atoms with Gasteiger partial charge in [0.2, 0.25) is 0 Å². The maximum Gasteiger partial charge on any atom is 0.129 e. The minimum Gasteiger partial charge on any atom is -0.389 e. The number of aliphatic hydroxyl groups is 2. The van der Waals surface area contributed by atoms with Gasteiger partial charge in [-0.15, -0.1) is 0 Å². The molecule has 0 saturated carbocycles. The number of anilines is 1. The summed E-state index contributed by atoms with van der Waals surface area (Å²) in [4.78, 5) is 6.47. The number of para-hydroxylation sites is 1. The molecule has 3 rings (SSSR count). The van der Waals surface area contributed by atoms with E-state index in [9.17, 15) is 10.2 Å². The summed E-state index contributed by atoms with van der Waals surface area (Å²) in [6.45, 7) is 1.24. The minimum atomic E-state index is -0.713. The third kappa shape index (κ3) is 2.16. The molecule has 2 heterocycles. The van der Waals surface area contributed by atoms with Gasteiger partial charge in [-0.25, -0.2) is 4.98 Å². The second kappa shape index (κ2) is 4.77. The molecule has 1 fully saturated rings. The lowest BCUT2D eigenvalue weighted by molar-refractivity contribution is 0.0572. The van der Waals surface area contributed by atoms with Gasteiger partial charge < -0.3 is 20.8 Å². The molecule has 2 unspecified atom stereocenters. The second-order valence-corrected chi connectivity index (χ2v) is 4.90. The molecule has 100 valence electrons. The van der Waals surface area contributed by atoms with E-state index in [0.29, 0.717) is 19.6 Å². The van der Waals surface area contributed by atoms with Crippen molar-refractivity contribution in [3.63, 3.8) is 0 Å². The predicted molar refractivity (Wildman–Crippen MR) is 73.9 cm³/mol. The summed E-state index contributed by atoms with van der Waals surface area (Å²) in [6, 6.07) is 9.79. The summed E-state index contributed by atoms with van der Waals surface area (Å²) in [5.41, 5.74) is 7.70. The molecule has 2 aromatic rings. The number of hydrogen-bond acceptors (Lipinski definition) is 5. The largest absolute Gasteiger partial charge is 0.389 e. The minimum absolute atomic E-state index is 0.399. The molecule has 4 N–H and O–H groups in total. The highest BCUT2D eigenvalue weighted by Crippen LogP contribution is 2.25. The molecule has 1 aliphatic rings. The van der Waals surface area contributed by atoms with E-state index in [2.05, 4.69) is 4.98 Å². The number of nitrogens with zero attached hydrogens (tertiary/aromatic N) is 2. The molecule has 0 aliphatic carbocycles. The van der Waals surface area contributed by atoms with Crippen molar-refractivity contribution >= 4 is 16.7 Å². The van der Waals surface area contributed by atoms with Crippen molar-refractivity contribution in [1.82, 2.24) is 4.98 Å². The van der Waals surface area contributed by atoms with Crippen LogP contribution in [0.4, 0.5) is 5.82 Å². The first kappa shape index (κ1) is 12.3. The fourth-order valence-electron chi connectivity index (χ4n) is 2.52. The third-order valence-corrected chi connectivity index (χ3v) is 3.59. The van der Waals surface area contributed by atoms with E-state index >= 15 is 0 Å². The summed E-state index contributed by atoms with van der Waals surface area (Å²) in [5, 5.41) is 20.3. The van der Waals surface area contributed by atoms with Crippen LogP contribution in [0.15, 0.2) is 30.3 Å². The molecule has 1 aromatic carbocycles. The quantitative estimate of drug-likeness (QED) is 0.719. The van der Waals surface area contributed by atoms with E-state index in [1.54, 1.807) is 0 Å². The van der Waals surface area contributed by atoms with Gasteiger partial charge in [0.1, 0.15) is 5.82 Å². The van der Waals surface area contributed by atoms with Crippen LogP contribution in [0.3, 0.4) is 0 Å². The standard InChI is InChI=1S/C14H17N3O2/c15-6-9-5-14(17-7-12(18)13(19)8-17)16-11-4-2-1-3-10(9)11/h1-5,12-13,18-19H,6-8,15H2. The Morgan fingerprint density at radius 1 is 1.21 bits per heavy atom. The molecule has 1 saturated heterocycles. The van der Waals surface area contributed by atoms with E-state index in [0.717, 1.165) is 22.3 Å². The number of hydrogen-bond donors (Lipinski definition) is 3. The van der Waals surface area contributed by atoms with Crippen LogP contribution in [0.2, 0.25) is 0 Å². The highest BCUT2D eigenvalue weighted by Gasteiger charge is 2.30. The van der Waals surface area contributed by atoms with Gasteiger partial charge in [-0.1, -0.05) is 18.2 Å². The number of fused-ring (bicyclic) bond motifs is 1. The van der Waals surface area contributed by atoms with Gasteiger partial charge in [-0.3, -0.25) is 0 Å². The number of nitrogens with two attached hydrogens (primary N) is 1. The van der Waals surface area contributed by atoms with Gasteiger partial charge in [-0.05, 0) is 17.7 Å². The van der Waals surface area contributed by atoms with Crippen molar-refractivity contribution in [3.8, 4) is 0 Å². The van der Waals surface area contributed by atoms with Gasteiger partial charge in [0.05, 0.1) is 17.7 Å². The summed E-state index contributed by atoms with van der Waals surface area (Å²) in [7, 11) is 0. The molecular weight excluding hydrogens is 242 g/mol. The van der Waals surface area contributed by atoms with E-state index in [-0.39, 0.29) is 0 Å². The zero-order chi connectivity index (χ0) is 13.4. The van der Waals surface area contributed by atoms with Crippen LogP contribution in [-0.2, 0) is 6.54 Å². The second-order valence-electron chi connectivity index (χ2n) is 4.90. The Bertz CT molecular complexity index is 592. The first-order valence-corrected chi connectivity index (χ1v) is 6.39. The van der Waals surface area contributed by atoms with Crippen molar-refractivity contribution in [2.45, 2.75) is 18.8 Å². The number of β-amino-alcohol motifs (C(OH)–C–C–N with tert-alkyl or cyclic N) is 2. The third-order valence-electron chi connectivity index (χ3n) is 3.59. The average Bonchev–Trinajstić information content (AvgIpc) is 2.77. The van der Waals surface area contributed by atoms with E-state index in [1.165, 1.54) is 0 Å². The number of rotatable bonds is 2. The van der Waals surface area contributed by atoms with Gasteiger partial charge in [0.15, 0.2) is 0 Å². The van der Waals surface area contributed by atoms with Gasteiger partial charge in [0, 0.05) is 25.0 Å². The van der Waals surface area contributed by atoms with Crippen molar-refractivity contribution in [2.24, 2.45) is 5.73 Å². The van der Waals surface area contributed by atoms with Crippen LogP contribution in [0, 0.1) is 0 Å². The average molecular weight is 259 g/mol. The molecule has 0 amide bonds. The number of pyridine rings is 1. The van der Waals surface area contributed by atoms with E-state index in [1.807, 2.05) is 35.2 Å². The Morgan fingerprint density at radius 2 is 1.89 bits per heavy atom. The molecule has 1 aliphatic heterocycles. The fraction of sp³-hybridized carbons (Fsp3) is 0.357. The molecule has 2 atom stereocenters. The highest BCUT2D eigenvalue weighted by atomic mass is 16.3. The maximum absolute atomic E-state index is 9.63. The van der Waals surface area contributed by atoms with Gasteiger partial charge in [-0.2, -0.15) is 0 Å². The lowest BCUT2D eigenvalue weighted by Crippen LogP contribution is -2.22. The van der Waals surface area contributed by atoms with Crippen LogP contribution in [0.25, 0.3) is 10.9 Å². The first-order chi connectivity index (χ1) is 9.19. The molecule has 1 aromatic heterocycles. The lowest BCUT2D eigenvalue weighted by Gasteiger charge is -2.18. The molecule has 0 spiro atoms. The summed E-state index contributed by atoms with van der Waals surface area (Å²) in [5.74, 6) is 0.759. The zero-order valence-corrected chi connectivity index (χ0v) is 10.5. The summed E-state index contributed by atoms with van der Waals surface area (Å²) < 4.78 is 0. The van der Waals surface area contributed by atoms with Crippen LogP contribution < -0.4 is 10.6 Å².